The molecular weight excluding hydrogens is 312 g/mol. The predicted octanol–water partition coefficient (Wildman–Crippen LogP) is 2.94. The maximum atomic E-state index is 12.3. The second kappa shape index (κ2) is 8.88. The summed E-state index contributed by atoms with van der Waals surface area (Å²) in [4.78, 5) is 18.7. The summed E-state index contributed by atoms with van der Waals surface area (Å²) in [5, 5.41) is 3.35. The summed E-state index contributed by atoms with van der Waals surface area (Å²) in [6, 6.07) is 8.74. The smallest absolute Gasteiger partial charge is 0.223 e. The molecule has 1 aliphatic heterocycles. The molecule has 1 fully saturated rings. The number of nitrogens with one attached hydrogen (secondary N) is 1. The van der Waals surface area contributed by atoms with Gasteiger partial charge in [-0.1, -0.05) is 49.9 Å². The van der Waals surface area contributed by atoms with Crippen LogP contribution >= 0.6 is 0 Å². The molecule has 0 spiro atoms. The van der Waals surface area contributed by atoms with Gasteiger partial charge in [0, 0.05) is 32.1 Å². The van der Waals surface area contributed by atoms with E-state index in [1.165, 1.54) is 49.7 Å². The molecule has 0 unspecified atom stereocenters. The SMILES string of the molecule is NC(=NCCCC(=O)N1Cc2ccccc2C1)NC1CCCCCC1. The molecule has 1 amide bonds. The summed E-state index contributed by atoms with van der Waals surface area (Å²) >= 11 is 0. The molecule has 0 saturated heterocycles. The molecule has 1 aliphatic carbocycles. The van der Waals surface area contributed by atoms with Crippen molar-refractivity contribution < 1.29 is 4.79 Å². The van der Waals surface area contributed by atoms with Crippen molar-refractivity contribution in [1.82, 2.24) is 10.2 Å². The molecule has 1 heterocycles. The number of carbonyl (C=O) groups excluding carboxylic acids is 1. The lowest BCUT2D eigenvalue weighted by Gasteiger charge is -2.17. The molecule has 136 valence electrons. The predicted molar refractivity (Wildman–Crippen MR) is 101 cm³/mol. The van der Waals surface area contributed by atoms with Gasteiger partial charge in [0.2, 0.25) is 5.91 Å². The fourth-order valence-corrected chi connectivity index (χ4v) is 3.78. The summed E-state index contributed by atoms with van der Waals surface area (Å²) in [6.07, 6.45) is 8.87. The minimum absolute atomic E-state index is 0.210. The van der Waals surface area contributed by atoms with Gasteiger partial charge in [-0.15, -0.1) is 0 Å². The molecule has 0 aromatic heterocycles. The minimum Gasteiger partial charge on any atom is -0.370 e. The van der Waals surface area contributed by atoms with Crippen LogP contribution in [0.2, 0.25) is 0 Å². The molecule has 25 heavy (non-hydrogen) atoms. The highest BCUT2D eigenvalue weighted by molar-refractivity contribution is 5.78. The second-order valence-corrected chi connectivity index (χ2v) is 7.22. The Morgan fingerprint density at radius 3 is 2.40 bits per heavy atom. The normalized spacial score (nSPS) is 18.7. The number of carbonyl (C=O) groups is 1. The number of rotatable bonds is 5. The molecule has 1 saturated carbocycles. The Morgan fingerprint density at radius 2 is 1.76 bits per heavy atom. The summed E-state index contributed by atoms with van der Waals surface area (Å²) in [6.45, 7) is 2.09. The molecule has 0 bridgehead atoms. The summed E-state index contributed by atoms with van der Waals surface area (Å²) in [5.74, 6) is 0.745. The molecule has 3 N–H and O–H groups in total. The van der Waals surface area contributed by atoms with Gasteiger partial charge in [-0.25, -0.2) is 0 Å². The Balaban J connectivity index is 1.36. The van der Waals surface area contributed by atoms with Crippen molar-refractivity contribution in [3.8, 4) is 0 Å². The van der Waals surface area contributed by atoms with E-state index in [0.717, 1.165) is 19.5 Å². The van der Waals surface area contributed by atoms with Crippen LogP contribution in [0.4, 0.5) is 0 Å². The maximum Gasteiger partial charge on any atom is 0.223 e. The highest BCUT2D eigenvalue weighted by Crippen LogP contribution is 2.23. The number of nitrogens with two attached hydrogens (primary N) is 1. The number of guanidine groups is 1. The van der Waals surface area contributed by atoms with E-state index in [1.54, 1.807) is 0 Å². The molecule has 1 aromatic carbocycles. The van der Waals surface area contributed by atoms with Crippen LogP contribution < -0.4 is 11.1 Å². The van der Waals surface area contributed by atoms with E-state index in [9.17, 15) is 4.79 Å². The van der Waals surface area contributed by atoms with Gasteiger partial charge in [0.05, 0.1) is 0 Å². The van der Waals surface area contributed by atoms with Crippen molar-refractivity contribution in [2.75, 3.05) is 6.54 Å². The van der Waals surface area contributed by atoms with Crippen LogP contribution in [0.1, 0.15) is 62.5 Å². The Hall–Kier alpha value is -2.04. The van der Waals surface area contributed by atoms with Crippen molar-refractivity contribution in [3.63, 3.8) is 0 Å². The van der Waals surface area contributed by atoms with Gasteiger partial charge >= 0.3 is 0 Å². The first kappa shape index (κ1) is 17.8. The van der Waals surface area contributed by atoms with Gasteiger partial charge in [-0.2, -0.15) is 0 Å². The zero-order chi connectivity index (χ0) is 17.5. The molecule has 2 aliphatic rings. The lowest BCUT2D eigenvalue weighted by atomic mass is 10.1. The van der Waals surface area contributed by atoms with Crippen LogP contribution in [0.25, 0.3) is 0 Å². The van der Waals surface area contributed by atoms with Crippen LogP contribution in [0, 0.1) is 0 Å². The van der Waals surface area contributed by atoms with Gasteiger partial charge in [0.25, 0.3) is 0 Å². The highest BCUT2D eigenvalue weighted by atomic mass is 16.2. The first-order valence-electron chi connectivity index (χ1n) is 9.63. The average molecular weight is 342 g/mol. The summed E-state index contributed by atoms with van der Waals surface area (Å²) in [7, 11) is 0. The Morgan fingerprint density at radius 1 is 1.12 bits per heavy atom. The quantitative estimate of drug-likeness (QED) is 0.374. The Bertz CT molecular complexity index is 580. The second-order valence-electron chi connectivity index (χ2n) is 7.22. The maximum absolute atomic E-state index is 12.3. The number of nitrogens with zero attached hydrogens (tertiary/aromatic N) is 2. The topological polar surface area (TPSA) is 70.7 Å². The number of hydrogen-bond acceptors (Lipinski definition) is 2. The molecule has 5 nitrogen and oxygen atoms in total. The first-order valence-corrected chi connectivity index (χ1v) is 9.63. The highest BCUT2D eigenvalue weighted by Gasteiger charge is 2.22. The van der Waals surface area contributed by atoms with Crippen LogP contribution in [-0.2, 0) is 17.9 Å². The zero-order valence-corrected chi connectivity index (χ0v) is 15.0. The van der Waals surface area contributed by atoms with Crippen molar-refractivity contribution >= 4 is 11.9 Å². The molecule has 5 heteroatoms. The third-order valence-corrected chi connectivity index (χ3v) is 5.23. The molecule has 0 radical (unpaired) electrons. The van der Waals surface area contributed by atoms with Gasteiger partial charge in [-0.3, -0.25) is 9.79 Å². The lowest BCUT2D eigenvalue weighted by molar-refractivity contribution is -0.131. The number of amides is 1. The van der Waals surface area contributed by atoms with Gasteiger partial charge in [-0.05, 0) is 30.4 Å². The van der Waals surface area contributed by atoms with E-state index in [4.69, 9.17) is 5.73 Å². The first-order chi connectivity index (χ1) is 12.2. The van der Waals surface area contributed by atoms with E-state index in [1.807, 2.05) is 17.0 Å². The number of aliphatic imine (C=N–C) groups is 1. The van der Waals surface area contributed by atoms with Crippen molar-refractivity contribution in [2.45, 2.75) is 70.5 Å². The number of hydrogen-bond donors (Lipinski definition) is 2. The minimum atomic E-state index is 0.210. The number of fused-ring (bicyclic) bond motifs is 1. The third-order valence-electron chi connectivity index (χ3n) is 5.23. The fourth-order valence-electron chi connectivity index (χ4n) is 3.78. The van der Waals surface area contributed by atoms with E-state index >= 15 is 0 Å². The van der Waals surface area contributed by atoms with Crippen LogP contribution in [0.3, 0.4) is 0 Å². The van der Waals surface area contributed by atoms with E-state index in [0.29, 0.717) is 25.0 Å². The van der Waals surface area contributed by atoms with Crippen molar-refractivity contribution in [2.24, 2.45) is 10.7 Å². The Labute approximate surface area is 150 Å². The van der Waals surface area contributed by atoms with E-state index in [2.05, 4.69) is 22.4 Å². The van der Waals surface area contributed by atoms with E-state index < -0.39 is 0 Å². The lowest BCUT2D eigenvalue weighted by Crippen LogP contribution is -2.39. The van der Waals surface area contributed by atoms with Crippen molar-refractivity contribution in [1.29, 1.82) is 0 Å². The van der Waals surface area contributed by atoms with Crippen molar-refractivity contribution in [3.05, 3.63) is 35.4 Å². The summed E-state index contributed by atoms with van der Waals surface area (Å²) < 4.78 is 0. The zero-order valence-electron chi connectivity index (χ0n) is 15.0. The van der Waals surface area contributed by atoms with Gasteiger partial charge < -0.3 is 16.0 Å². The average Bonchev–Trinajstić information content (AvgIpc) is 2.89. The van der Waals surface area contributed by atoms with Crippen LogP contribution in [0.15, 0.2) is 29.3 Å². The number of benzene rings is 1. The Kier molecular flexibility index (Phi) is 6.31. The third kappa shape index (κ3) is 5.21. The molecule has 3 rings (SSSR count). The standard InChI is InChI=1S/C20H30N4O/c21-20(23-18-10-3-1-2-4-11-18)22-13-7-12-19(25)24-14-16-8-5-6-9-17(16)15-24/h5-6,8-9,18H,1-4,7,10-15H2,(H3,21,22,23). The molecular formula is C20H30N4O. The molecule has 1 aromatic rings. The van der Waals surface area contributed by atoms with E-state index in [-0.39, 0.29) is 5.91 Å². The van der Waals surface area contributed by atoms with Crippen LogP contribution in [0.5, 0.6) is 0 Å². The largest absolute Gasteiger partial charge is 0.370 e. The van der Waals surface area contributed by atoms with Gasteiger partial charge in [0.1, 0.15) is 0 Å². The van der Waals surface area contributed by atoms with Crippen LogP contribution in [-0.4, -0.2) is 29.4 Å². The summed E-state index contributed by atoms with van der Waals surface area (Å²) in [5.41, 5.74) is 8.53. The monoisotopic (exact) mass is 342 g/mol. The fraction of sp³-hybridized carbons (Fsp3) is 0.600. The molecule has 0 atom stereocenters. The van der Waals surface area contributed by atoms with Gasteiger partial charge in [0.15, 0.2) is 5.96 Å².